The van der Waals surface area contributed by atoms with Crippen molar-refractivity contribution in [2.75, 3.05) is 19.5 Å². The second-order valence-corrected chi connectivity index (χ2v) is 7.78. The number of nitrogens with zero attached hydrogens (tertiary/aromatic N) is 2. The maximum absolute atomic E-state index is 13.7. The topological polar surface area (TPSA) is 65.4 Å². The Kier molecular flexibility index (Phi) is 6.66. The summed E-state index contributed by atoms with van der Waals surface area (Å²) in [4.78, 5) is 18.1. The molecule has 0 saturated carbocycles. The molecule has 3 aromatic carbocycles. The van der Waals surface area contributed by atoms with Gasteiger partial charge in [0.2, 0.25) is 0 Å². The number of methoxy groups -OCH3 is 2. The van der Waals surface area contributed by atoms with E-state index in [0.717, 1.165) is 5.56 Å². The van der Waals surface area contributed by atoms with Crippen LogP contribution in [0.15, 0.2) is 83.7 Å². The lowest BCUT2D eigenvalue weighted by Gasteiger charge is -2.20. The minimum atomic E-state index is -0.307. The van der Waals surface area contributed by atoms with Crippen molar-refractivity contribution in [1.29, 1.82) is 0 Å². The minimum Gasteiger partial charge on any atom is -0.493 e. The Bertz CT molecular complexity index is 1310. The summed E-state index contributed by atoms with van der Waals surface area (Å²) in [6.07, 6.45) is 0. The molecule has 1 aromatic heterocycles. The molecule has 1 heterocycles. The van der Waals surface area contributed by atoms with Crippen molar-refractivity contribution in [2.24, 2.45) is 0 Å². The van der Waals surface area contributed by atoms with E-state index in [9.17, 15) is 4.79 Å². The van der Waals surface area contributed by atoms with Gasteiger partial charge in [-0.25, -0.2) is 4.98 Å². The fourth-order valence-corrected chi connectivity index (χ4v) is 3.96. The first-order valence-corrected chi connectivity index (χ1v) is 10.8. The zero-order chi connectivity index (χ0) is 23.4. The van der Waals surface area contributed by atoms with Crippen molar-refractivity contribution in [1.82, 2.24) is 9.55 Å². The molecule has 1 N–H and O–H groups in total. The highest BCUT2D eigenvalue weighted by Gasteiger charge is 2.21. The molecule has 168 valence electrons. The van der Waals surface area contributed by atoms with E-state index in [1.807, 2.05) is 73.7 Å². The summed E-state index contributed by atoms with van der Waals surface area (Å²) in [6, 6.07) is 24.4. The fourth-order valence-electron chi connectivity index (χ4n) is 3.68. The van der Waals surface area contributed by atoms with E-state index >= 15 is 0 Å². The third kappa shape index (κ3) is 4.56. The van der Waals surface area contributed by atoms with Gasteiger partial charge in [0.05, 0.1) is 26.0 Å². The Morgan fingerprint density at radius 3 is 2.18 bits per heavy atom. The molecule has 7 heteroatoms. The van der Waals surface area contributed by atoms with E-state index < -0.39 is 0 Å². The molecule has 0 spiro atoms. The van der Waals surface area contributed by atoms with Gasteiger partial charge in [0, 0.05) is 11.3 Å². The van der Waals surface area contributed by atoms with E-state index in [1.54, 1.807) is 30.9 Å². The van der Waals surface area contributed by atoms with Crippen LogP contribution in [-0.4, -0.2) is 23.8 Å². The van der Waals surface area contributed by atoms with Gasteiger partial charge in [-0.05, 0) is 42.8 Å². The van der Waals surface area contributed by atoms with Crippen LogP contribution in [0.25, 0.3) is 16.9 Å². The number of ether oxygens (including phenoxy) is 2. The Balaban J connectivity index is 1.89. The van der Waals surface area contributed by atoms with Gasteiger partial charge in [-0.3, -0.25) is 9.36 Å². The molecule has 1 atom stereocenters. The first kappa shape index (κ1) is 22.4. The van der Waals surface area contributed by atoms with Crippen molar-refractivity contribution >= 4 is 17.4 Å². The summed E-state index contributed by atoms with van der Waals surface area (Å²) >= 11 is 6.71. The van der Waals surface area contributed by atoms with Crippen LogP contribution in [-0.2, 0) is 0 Å². The summed E-state index contributed by atoms with van der Waals surface area (Å²) in [6.45, 7) is 1.97. The van der Waals surface area contributed by atoms with Crippen molar-refractivity contribution in [3.8, 4) is 28.4 Å². The smallest absolute Gasteiger partial charge is 0.298 e. The Labute approximate surface area is 197 Å². The molecule has 0 amide bonds. The molecule has 6 nitrogen and oxygen atoms in total. The lowest BCUT2D eigenvalue weighted by molar-refractivity contribution is 0.355. The van der Waals surface area contributed by atoms with Crippen LogP contribution in [0.4, 0.5) is 5.82 Å². The maximum atomic E-state index is 13.7. The highest BCUT2D eigenvalue weighted by atomic mass is 35.5. The normalized spacial score (nSPS) is 11.6. The van der Waals surface area contributed by atoms with E-state index in [2.05, 4.69) is 10.3 Å². The zero-order valence-electron chi connectivity index (χ0n) is 18.6. The van der Waals surface area contributed by atoms with Gasteiger partial charge in [-0.2, -0.15) is 0 Å². The van der Waals surface area contributed by atoms with Crippen LogP contribution in [0.3, 0.4) is 0 Å². The van der Waals surface area contributed by atoms with Gasteiger partial charge < -0.3 is 14.8 Å². The number of benzene rings is 3. The van der Waals surface area contributed by atoms with Gasteiger partial charge in [0.15, 0.2) is 22.5 Å². The van der Waals surface area contributed by atoms with Crippen molar-refractivity contribution < 1.29 is 9.47 Å². The number of para-hydroxylation sites is 1. The van der Waals surface area contributed by atoms with Crippen LogP contribution in [0, 0.1) is 0 Å². The van der Waals surface area contributed by atoms with Crippen LogP contribution >= 0.6 is 11.6 Å². The van der Waals surface area contributed by atoms with E-state index in [1.165, 1.54) is 0 Å². The lowest BCUT2D eigenvalue weighted by Crippen LogP contribution is -2.26. The lowest BCUT2D eigenvalue weighted by atomic mass is 10.1. The monoisotopic (exact) mass is 461 g/mol. The van der Waals surface area contributed by atoms with Crippen molar-refractivity contribution in [3.05, 3.63) is 99.9 Å². The van der Waals surface area contributed by atoms with Gasteiger partial charge in [-0.1, -0.05) is 60.1 Å². The Morgan fingerprint density at radius 1 is 0.909 bits per heavy atom. The molecule has 0 radical (unpaired) electrons. The Hall–Kier alpha value is -3.77. The number of aromatic nitrogens is 2. The molecule has 0 aliphatic carbocycles. The fraction of sp³-hybridized carbons (Fsp3) is 0.154. The number of rotatable bonds is 7. The number of hydrogen-bond acceptors (Lipinski definition) is 5. The highest BCUT2D eigenvalue weighted by Crippen LogP contribution is 2.35. The zero-order valence-corrected chi connectivity index (χ0v) is 19.3. The molecule has 0 aliphatic heterocycles. The molecule has 0 bridgehead atoms. The van der Waals surface area contributed by atoms with E-state index in [-0.39, 0.29) is 22.6 Å². The summed E-state index contributed by atoms with van der Waals surface area (Å²) in [5.41, 5.74) is 2.54. The molecule has 0 saturated heterocycles. The largest absolute Gasteiger partial charge is 0.493 e. The van der Waals surface area contributed by atoms with Gasteiger partial charge >= 0.3 is 0 Å². The summed E-state index contributed by atoms with van der Waals surface area (Å²) in [7, 11) is 3.13. The van der Waals surface area contributed by atoms with Gasteiger partial charge in [0.25, 0.3) is 5.56 Å². The second-order valence-electron chi connectivity index (χ2n) is 7.42. The first-order chi connectivity index (χ1) is 16.0. The predicted octanol–water partition coefficient (Wildman–Crippen LogP) is 5.74. The molecule has 0 fully saturated rings. The number of anilines is 1. The maximum Gasteiger partial charge on any atom is 0.298 e. The first-order valence-electron chi connectivity index (χ1n) is 10.4. The van der Waals surface area contributed by atoms with Gasteiger partial charge in [0.1, 0.15) is 0 Å². The summed E-state index contributed by atoms with van der Waals surface area (Å²) < 4.78 is 12.4. The molecule has 4 rings (SSSR count). The molecular formula is C26H24ClN3O3. The second kappa shape index (κ2) is 9.79. The van der Waals surface area contributed by atoms with Gasteiger partial charge in [-0.15, -0.1) is 0 Å². The molecule has 0 unspecified atom stereocenters. The average Bonchev–Trinajstić information content (AvgIpc) is 2.86. The minimum absolute atomic E-state index is 0.140. The van der Waals surface area contributed by atoms with E-state index in [4.69, 9.17) is 21.1 Å². The van der Waals surface area contributed by atoms with E-state index in [0.29, 0.717) is 28.4 Å². The molecule has 0 aliphatic rings. The quantitative estimate of drug-likeness (QED) is 0.380. The van der Waals surface area contributed by atoms with Crippen LogP contribution < -0.4 is 20.3 Å². The SMILES string of the molecule is COc1ccc(-c2c(Cl)nc(N[C@H](C)c3ccccc3)c(=O)n2-c2ccccc2)cc1OC. The number of halogens is 1. The highest BCUT2D eigenvalue weighted by molar-refractivity contribution is 6.32. The molecule has 33 heavy (non-hydrogen) atoms. The van der Waals surface area contributed by atoms with Crippen LogP contribution in [0.5, 0.6) is 11.5 Å². The average molecular weight is 462 g/mol. The molecule has 4 aromatic rings. The molecular weight excluding hydrogens is 438 g/mol. The third-order valence-corrected chi connectivity index (χ3v) is 5.62. The van der Waals surface area contributed by atoms with Crippen molar-refractivity contribution in [3.63, 3.8) is 0 Å². The number of hydrogen-bond donors (Lipinski definition) is 1. The van der Waals surface area contributed by atoms with Crippen LogP contribution in [0.1, 0.15) is 18.5 Å². The standard InChI is InChI=1S/C26H24ClN3O3/c1-17(18-10-6-4-7-11-18)28-25-26(31)30(20-12-8-5-9-13-20)23(24(27)29-25)19-14-15-21(32-2)22(16-19)33-3/h4-17H,1-3H3,(H,28,29)/t17-/m1/s1. The number of nitrogens with one attached hydrogen (secondary N) is 1. The third-order valence-electron chi connectivity index (χ3n) is 5.36. The Morgan fingerprint density at radius 2 is 1.55 bits per heavy atom. The predicted molar refractivity (Wildman–Crippen MR) is 132 cm³/mol. The van der Waals surface area contributed by atoms with Crippen LogP contribution in [0.2, 0.25) is 5.15 Å². The summed E-state index contributed by atoms with van der Waals surface area (Å²) in [5.74, 6) is 1.27. The van der Waals surface area contributed by atoms with Crippen molar-refractivity contribution in [2.45, 2.75) is 13.0 Å². The summed E-state index contributed by atoms with van der Waals surface area (Å²) in [5, 5.41) is 3.41.